The van der Waals surface area contributed by atoms with Crippen LogP contribution >= 0.6 is 12.8 Å². The predicted molar refractivity (Wildman–Crippen MR) is 163 cm³/mol. The number of amides is 4. The van der Waals surface area contributed by atoms with Crippen molar-refractivity contribution in [1.29, 1.82) is 0 Å². The highest BCUT2D eigenvalue weighted by molar-refractivity contribution is 7.78. The number of nitrogens with one attached hydrogen (secondary N) is 3. The fourth-order valence-corrected chi connectivity index (χ4v) is 3.91. The van der Waals surface area contributed by atoms with Crippen LogP contribution in [0.5, 0.6) is 0 Å². The van der Waals surface area contributed by atoms with E-state index in [-0.39, 0.29) is 23.5 Å². The van der Waals surface area contributed by atoms with Gasteiger partial charge in [-0.05, 0) is 49.9 Å². The van der Waals surface area contributed by atoms with Crippen LogP contribution in [0.3, 0.4) is 0 Å². The Morgan fingerprint density at radius 3 is 1.88 bits per heavy atom. The number of carbonyl (C=O) groups excluding carboxylic acids is 6. The molecule has 1 aliphatic heterocycles. The van der Waals surface area contributed by atoms with E-state index in [0.29, 0.717) is 13.0 Å². The third kappa shape index (κ3) is 13.8. The highest BCUT2D eigenvalue weighted by Crippen LogP contribution is 2.32. The van der Waals surface area contributed by atoms with Crippen LogP contribution in [0.15, 0.2) is 0 Å². The Morgan fingerprint density at radius 2 is 1.54 bits per heavy atom. The largest absolute Gasteiger partial charge is 0.363 e. The first kappa shape index (κ1) is 38.5. The summed E-state index contributed by atoms with van der Waals surface area (Å²) in [5.41, 5.74) is 4.12. The molecule has 1 heterocycles. The van der Waals surface area contributed by atoms with E-state index in [0.717, 1.165) is 31.5 Å². The van der Waals surface area contributed by atoms with Crippen molar-refractivity contribution in [3.8, 4) is 0 Å². The summed E-state index contributed by atoms with van der Waals surface area (Å²) in [5, 5.41) is 5.54. The summed E-state index contributed by atoms with van der Waals surface area (Å²) in [6, 6.07) is -2.87. The number of Topliss-reactive ketones (excluding diaryl/α,β-unsaturated/α-hetero) is 2. The zero-order valence-electron chi connectivity index (χ0n) is 26.3. The molecule has 1 saturated heterocycles. The average molecular weight is 600 g/mol. The smallest absolute Gasteiger partial charge is 0.316 e. The minimum Gasteiger partial charge on any atom is -0.363 e. The molecule has 0 radical (unpaired) electrons. The minimum absolute atomic E-state index is 0.0225. The molecule has 4 amide bonds. The molecule has 0 aromatic rings. The van der Waals surface area contributed by atoms with E-state index >= 15 is 0 Å². The van der Waals surface area contributed by atoms with Crippen LogP contribution in [0.25, 0.3) is 0 Å². The fraction of sp³-hybridized carbons (Fsp3) is 0.793. The van der Waals surface area contributed by atoms with Gasteiger partial charge in [0.15, 0.2) is 5.78 Å². The van der Waals surface area contributed by atoms with Crippen LogP contribution in [0.1, 0.15) is 94.4 Å². The Labute approximate surface area is 251 Å². The van der Waals surface area contributed by atoms with E-state index in [1.54, 1.807) is 4.90 Å². The molecular formula is C29H53N5O6S. The quantitative estimate of drug-likeness (QED) is 0.138. The number of likely N-dealkylation sites (tertiary alicyclic amines) is 1. The SMILES string of the molecule is CC(C)C(NC(=O)NC(C(=O)N1CCC[C@H]1C=O)C(C)(C)C)C(=O)C1CC1.CC(NS)C(=O)C(N)=O.CCC(C)C. The monoisotopic (exact) mass is 599 g/mol. The molecule has 0 bridgehead atoms. The highest BCUT2D eigenvalue weighted by Gasteiger charge is 2.41. The van der Waals surface area contributed by atoms with Crippen LogP contribution in [-0.4, -0.2) is 71.3 Å². The van der Waals surface area contributed by atoms with Gasteiger partial charge in [0.1, 0.15) is 12.3 Å². The Bertz CT molecular complexity index is 901. The summed E-state index contributed by atoms with van der Waals surface area (Å²) in [6.07, 6.45) is 5.31. The molecule has 5 N–H and O–H groups in total. The average Bonchev–Trinajstić information content (AvgIpc) is 3.64. The number of thiol groups is 1. The van der Waals surface area contributed by atoms with E-state index in [9.17, 15) is 28.8 Å². The Hall–Kier alpha value is -2.47. The summed E-state index contributed by atoms with van der Waals surface area (Å²) in [6.45, 7) is 18.1. The van der Waals surface area contributed by atoms with Crippen molar-refractivity contribution in [2.45, 2.75) is 119 Å². The molecule has 41 heavy (non-hydrogen) atoms. The maximum absolute atomic E-state index is 13.0. The summed E-state index contributed by atoms with van der Waals surface area (Å²) < 4.78 is 2.29. The topological polar surface area (TPSA) is 168 Å². The predicted octanol–water partition coefficient (Wildman–Crippen LogP) is 2.81. The van der Waals surface area contributed by atoms with Crippen molar-refractivity contribution >= 4 is 48.5 Å². The third-order valence-corrected chi connectivity index (χ3v) is 7.40. The number of nitrogens with zero attached hydrogens (tertiary/aromatic N) is 1. The number of carbonyl (C=O) groups is 6. The molecule has 0 aromatic carbocycles. The lowest BCUT2D eigenvalue weighted by Gasteiger charge is -2.35. The van der Waals surface area contributed by atoms with Gasteiger partial charge in [0.2, 0.25) is 11.7 Å². The highest BCUT2D eigenvalue weighted by atomic mass is 32.1. The second-order valence-electron chi connectivity index (χ2n) is 12.6. The number of rotatable bonds is 11. The van der Waals surface area contributed by atoms with Crippen molar-refractivity contribution in [3.05, 3.63) is 0 Å². The third-order valence-electron chi connectivity index (χ3n) is 7.01. The number of nitrogens with two attached hydrogens (primary N) is 1. The molecule has 2 aliphatic rings. The van der Waals surface area contributed by atoms with Gasteiger partial charge in [0, 0.05) is 12.5 Å². The summed E-state index contributed by atoms with van der Waals surface area (Å²) in [5.74, 6) is -0.869. The first-order chi connectivity index (χ1) is 18.9. The summed E-state index contributed by atoms with van der Waals surface area (Å²) in [7, 11) is 0. The van der Waals surface area contributed by atoms with E-state index in [1.807, 2.05) is 34.6 Å². The molecule has 2 rings (SSSR count). The second kappa shape index (κ2) is 18.1. The molecule has 11 nitrogen and oxygen atoms in total. The zero-order valence-corrected chi connectivity index (χ0v) is 27.2. The van der Waals surface area contributed by atoms with Crippen molar-refractivity contribution in [3.63, 3.8) is 0 Å². The standard InChI is InChI=1S/C20H33N3O4.C5H12.C4H8N2O2S/c1-12(2)15(16(25)13-8-9-13)21-19(27)22-17(20(3,4)5)18(26)23-10-6-7-14(23)11-24;1-4-5(2)3;1-2(6-9)3(7)4(5)8/h11-15,17H,6-10H2,1-5H3,(H2,21,22,27);5H,4H2,1-3H3;2,6,9H,1H3,(H2,5,8)/t14-,15?,17?;;/m0../s1. The van der Waals surface area contributed by atoms with Gasteiger partial charge in [0.25, 0.3) is 5.91 Å². The van der Waals surface area contributed by atoms with Crippen molar-refractivity contribution in [2.75, 3.05) is 6.54 Å². The normalized spacial score (nSPS) is 18.6. The molecule has 2 fully saturated rings. The van der Waals surface area contributed by atoms with Gasteiger partial charge in [0.05, 0.1) is 18.1 Å². The Morgan fingerprint density at radius 1 is 1.00 bits per heavy atom. The van der Waals surface area contributed by atoms with Crippen LogP contribution in [0.2, 0.25) is 0 Å². The zero-order chi connectivity index (χ0) is 32.1. The molecule has 3 unspecified atom stereocenters. The van der Waals surface area contributed by atoms with E-state index in [2.05, 4.69) is 54.7 Å². The maximum atomic E-state index is 13.0. The van der Waals surface area contributed by atoms with Crippen molar-refractivity contribution in [1.82, 2.24) is 20.3 Å². The molecule has 1 saturated carbocycles. The first-order valence-corrected chi connectivity index (χ1v) is 15.0. The maximum Gasteiger partial charge on any atom is 0.316 e. The van der Waals surface area contributed by atoms with E-state index < -0.39 is 47.3 Å². The molecular weight excluding hydrogens is 546 g/mol. The lowest BCUT2D eigenvalue weighted by Crippen LogP contribution is -2.59. The van der Waals surface area contributed by atoms with E-state index in [4.69, 9.17) is 0 Å². The van der Waals surface area contributed by atoms with E-state index in [1.165, 1.54) is 13.3 Å². The van der Waals surface area contributed by atoms with Crippen LogP contribution < -0.4 is 21.1 Å². The number of hydrogen-bond donors (Lipinski definition) is 5. The lowest BCUT2D eigenvalue weighted by atomic mass is 9.85. The summed E-state index contributed by atoms with van der Waals surface area (Å²) >= 11 is 3.57. The van der Waals surface area contributed by atoms with Gasteiger partial charge in [-0.3, -0.25) is 23.9 Å². The first-order valence-electron chi connectivity index (χ1n) is 14.5. The van der Waals surface area contributed by atoms with Gasteiger partial charge in [-0.1, -0.05) is 74.6 Å². The Kier molecular flexibility index (Phi) is 17.1. The van der Waals surface area contributed by atoms with Crippen LogP contribution in [0, 0.1) is 23.2 Å². The molecule has 4 atom stereocenters. The second-order valence-corrected chi connectivity index (χ2v) is 12.8. The number of urea groups is 1. The van der Waals surface area contributed by atoms with Gasteiger partial charge in [-0.25, -0.2) is 4.79 Å². The van der Waals surface area contributed by atoms with Crippen LogP contribution in [0.4, 0.5) is 4.79 Å². The molecule has 236 valence electrons. The van der Waals surface area contributed by atoms with Gasteiger partial charge in [-0.2, -0.15) is 0 Å². The summed E-state index contributed by atoms with van der Waals surface area (Å²) in [4.78, 5) is 71.5. The molecule has 1 aliphatic carbocycles. The van der Waals surface area contributed by atoms with Crippen LogP contribution in [-0.2, 0) is 24.0 Å². The minimum atomic E-state index is -0.941. The number of aldehydes is 1. The molecule has 0 aromatic heterocycles. The van der Waals surface area contributed by atoms with Crippen molar-refractivity contribution < 1.29 is 28.8 Å². The van der Waals surface area contributed by atoms with Gasteiger partial charge < -0.3 is 26.1 Å². The van der Waals surface area contributed by atoms with Gasteiger partial charge in [-0.15, -0.1) is 0 Å². The lowest BCUT2D eigenvalue weighted by molar-refractivity contribution is -0.138. The van der Waals surface area contributed by atoms with Gasteiger partial charge >= 0.3 is 6.03 Å². The number of primary amides is 1. The molecule has 0 spiro atoms. The number of hydrogen-bond acceptors (Lipinski definition) is 8. The molecule has 12 heteroatoms. The Balaban J connectivity index is 0.000000944. The number of ketones is 2. The fourth-order valence-electron chi connectivity index (χ4n) is 3.80. The van der Waals surface area contributed by atoms with Crippen molar-refractivity contribution in [2.24, 2.45) is 28.9 Å².